The fraction of sp³-hybridized carbons (Fsp3) is 0.529. The van der Waals surface area contributed by atoms with Crippen LogP contribution >= 0.6 is 0 Å². The molecule has 112 valence electrons. The van der Waals surface area contributed by atoms with Crippen LogP contribution in [0.3, 0.4) is 0 Å². The molecule has 1 aromatic carbocycles. The van der Waals surface area contributed by atoms with Crippen LogP contribution < -0.4 is 14.8 Å². The van der Waals surface area contributed by atoms with E-state index in [1.54, 1.807) is 7.11 Å². The number of nitrogens with one attached hydrogen (secondary N) is 1. The van der Waals surface area contributed by atoms with Crippen LogP contribution in [0.5, 0.6) is 11.5 Å². The van der Waals surface area contributed by atoms with Gasteiger partial charge in [-0.05, 0) is 51.4 Å². The second-order valence-electron chi connectivity index (χ2n) is 4.91. The summed E-state index contributed by atoms with van der Waals surface area (Å²) in [5, 5.41) is 3.49. The molecular formula is C17H27NO2. The summed E-state index contributed by atoms with van der Waals surface area (Å²) in [6, 6.07) is 6.41. The van der Waals surface area contributed by atoms with Crippen molar-refractivity contribution in [1.82, 2.24) is 5.32 Å². The second-order valence-corrected chi connectivity index (χ2v) is 4.91. The second kappa shape index (κ2) is 8.64. The van der Waals surface area contributed by atoms with Crippen molar-refractivity contribution in [1.29, 1.82) is 0 Å². The van der Waals surface area contributed by atoms with Crippen molar-refractivity contribution in [3.05, 3.63) is 29.3 Å². The van der Waals surface area contributed by atoms with Crippen molar-refractivity contribution < 1.29 is 9.47 Å². The Morgan fingerprint density at radius 1 is 1.30 bits per heavy atom. The number of ether oxygens (including phenoxy) is 2. The van der Waals surface area contributed by atoms with Crippen LogP contribution in [0.15, 0.2) is 23.8 Å². The van der Waals surface area contributed by atoms with E-state index in [1.165, 1.54) is 5.57 Å². The van der Waals surface area contributed by atoms with Gasteiger partial charge in [0.2, 0.25) is 0 Å². The van der Waals surface area contributed by atoms with Crippen molar-refractivity contribution in [2.75, 3.05) is 20.3 Å². The predicted molar refractivity (Wildman–Crippen MR) is 85.6 cm³/mol. The zero-order chi connectivity index (χ0) is 15.0. The molecule has 0 aliphatic heterocycles. The summed E-state index contributed by atoms with van der Waals surface area (Å²) in [5.41, 5.74) is 2.45. The maximum absolute atomic E-state index is 5.61. The SMILES string of the molecule is CCCNC(C)/C(C)=C/c1ccc(OC)c(OCC)c1. The third-order valence-corrected chi connectivity index (χ3v) is 3.27. The molecule has 0 aromatic heterocycles. The Kier molecular flexibility index (Phi) is 7.16. The van der Waals surface area contributed by atoms with Crippen LogP contribution in [0.1, 0.15) is 39.7 Å². The van der Waals surface area contributed by atoms with Crippen LogP contribution in [0.2, 0.25) is 0 Å². The standard InChI is InChI=1S/C17H27NO2/c1-6-10-18-14(4)13(3)11-15-8-9-16(19-5)17(12-15)20-7-2/h8-9,11-12,14,18H,6-7,10H2,1-5H3/b13-11+. The van der Waals surface area contributed by atoms with E-state index in [9.17, 15) is 0 Å². The zero-order valence-electron chi connectivity index (χ0n) is 13.3. The van der Waals surface area contributed by atoms with Gasteiger partial charge < -0.3 is 14.8 Å². The highest BCUT2D eigenvalue weighted by Crippen LogP contribution is 2.29. The molecule has 1 atom stereocenters. The molecule has 1 unspecified atom stereocenters. The number of methoxy groups -OCH3 is 1. The summed E-state index contributed by atoms with van der Waals surface area (Å²) < 4.78 is 10.9. The fourth-order valence-electron chi connectivity index (χ4n) is 1.96. The van der Waals surface area contributed by atoms with Crippen molar-refractivity contribution >= 4 is 6.08 Å². The Labute approximate surface area is 123 Å². The fourth-order valence-corrected chi connectivity index (χ4v) is 1.96. The smallest absolute Gasteiger partial charge is 0.161 e. The van der Waals surface area contributed by atoms with Gasteiger partial charge in [-0.15, -0.1) is 0 Å². The van der Waals surface area contributed by atoms with Gasteiger partial charge in [-0.1, -0.05) is 24.6 Å². The van der Waals surface area contributed by atoms with Crippen LogP contribution in [-0.4, -0.2) is 26.3 Å². The van der Waals surface area contributed by atoms with Gasteiger partial charge in [0.05, 0.1) is 13.7 Å². The van der Waals surface area contributed by atoms with Crippen molar-refractivity contribution in [2.24, 2.45) is 0 Å². The minimum absolute atomic E-state index is 0.382. The summed E-state index contributed by atoms with van der Waals surface area (Å²) in [7, 11) is 1.66. The minimum atomic E-state index is 0.382. The Morgan fingerprint density at radius 2 is 2.05 bits per heavy atom. The summed E-state index contributed by atoms with van der Waals surface area (Å²) in [6.45, 7) is 10.2. The minimum Gasteiger partial charge on any atom is -0.493 e. The van der Waals surface area contributed by atoms with Crippen LogP contribution in [0, 0.1) is 0 Å². The van der Waals surface area contributed by atoms with Gasteiger partial charge in [0.1, 0.15) is 0 Å². The Morgan fingerprint density at radius 3 is 2.65 bits per heavy atom. The Hall–Kier alpha value is -1.48. The van der Waals surface area contributed by atoms with E-state index < -0.39 is 0 Å². The van der Waals surface area contributed by atoms with Crippen molar-refractivity contribution in [3.8, 4) is 11.5 Å². The molecule has 0 aliphatic carbocycles. The van der Waals surface area contributed by atoms with Gasteiger partial charge in [0.15, 0.2) is 11.5 Å². The van der Waals surface area contributed by atoms with E-state index in [0.29, 0.717) is 12.6 Å². The highest BCUT2D eigenvalue weighted by molar-refractivity contribution is 5.58. The molecule has 1 rings (SSSR count). The number of hydrogen-bond donors (Lipinski definition) is 1. The topological polar surface area (TPSA) is 30.5 Å². The van der Waals surface area contributed by atoms with Gasteiger partial charge in [-0.3, -0.25) is 0 Å². The third-order valence-electron chi connectivity index (χ3n) is 3.27. The molecule has 0 amide bonds. The van der Waals surface area contributed by atoms with Gasteiger partial charge in [0.25, 0.3) is 0 Å². The highest BCUT2D eigenvalue weighted by Gasteiger charge is 2.06. The molecule has 0 radical (unpaired) electrons. The quantitative estimate of drug-likeness (QED) is 0.782. The lowest BCUT2D eigenvalue weighted by Crippen LogP contribution is -2.27. The van der Waals surface area contributed by atoms with Gasteiger partial charge >= 0.3 is 0 Å². The average Bonchev–Trinajstić information content (AvgIpc) is 2.45. The molecule has 0 spiro atoms. The molecule has 3 heteroatoms. The lowest BCUT2D eigenvalue weighted by molar-refractivity contribution is 0.311. The van der Waals surface area contributed by atoms with E-state index in [0.717, 1.165) is 30.0 Å². The number of hydrogen-bond acceptors (Lipinski definition) is 3. The highest BCUT2D eigenvalue weighted by atomic mass is 16.5. The molecule has 1 aromatic rings. The monoisotopic (exact) mass is 277 g/mol. The lowest BCUT2D eigenvalue weighted by Gasteiger charge is -2.15. The van der Waals surface area contributed by atoms with Gasteiger partial charge in [-0.2, -0.15) is 0 Å². The van der Waals surface area contributed by atoms with E-state index in [1.807, 2.05) is 19.1 Å². The summed E-state index contributed by atoms with van der Waals surface area (Å²) in [4.78, 5) is 0. The zero-order valence-corrected chi connectivity index (χ0v) is 13.3. The maximum Gasteiger partial charge on any atom is 0.161 e. The molecule has 0 saturated carbocycles. The predicted octanol–water partition coefficient (Wildman–Crippen LogP) is 3.89. The van der Waals surface area contributed by atoms with Gasteiger partial charge in [-0.25, -0.2) is 0 Å². The van der Waals surface area contributed by atoms with Crippen molar-refractivity contribution in [3.63, 3.8) is 0 Å². The molecule has 0 fully saturated rings. The lowest BCUT2D eigenvalue weighted by atomic mass is 10.1. The first-order valence-electron chi connectivity index (χ1n) is 7.34. The first-order chi connectivity index (χ1) is 9.62. The summed E-state index contributed by atoms with van der Waals surface area (Å²) in [6.07, 6.45) is 3.34. The first kappa shape index (κ1) is 16.6. The number of benzene rings is 1. The van der Waals surface area contributed by atoms with E-state index >= 15 is 0 Å². The molecule has 20 heavy (non-hydrogen) atoms. The molecule has 3 nitrogen and oxygen atoms in total. The molecular weight excluding hydrogens is 250 g/mol. The third kappa shape index (κ3) is 4.89. The van der Waals surface area contributed by atoms with E-state index in [2.05, 4.69) is 38.2 Å². The van der Waals surface area contributed by atoms with E-state index in [4.69, 9.17) is 9.47 Å². The molecule has 1 N–H and O–H groups in total. The molecule has 0 saturated heterocycles. The molecule has 0 heterocycles. The van der Waals surface area contributed by atoms with E-state index in [-0.39, 0.29) is 0 Å². The van der Waals surface area contributed by atoms with Crippen molar-refractivity contribution in [2.45, 2.75) is 40.2 Å². The maximum atomic E-state index is 5.61. The Balaban J connectivity index is 2.87. The number of rotatable bonds is 8. The van der Waals surface area contributed by atoms with Crippen LogP contribution in [0.4, 0.5) is 0 Å². The van der Waals surface area contributed by atoms with Crippen LogP contribution in [-0.2, 0) is 0 Å². The van der Waals surface area contributed by atoms with Crippen LogP contribution in [0.25, 0.3) is 6.08 Å². The average molecular weight is 277 g/mol. The molecule has 0 aliphatic rings. The largest absolute Gasteiger partial charge is 0.493 e. The Bertz CT molecular complexity index is 441. The first-order valence-corrected chi connectivity index (χ1v) is 7.34. The normalized spacial score (nSPS) is 13.2. The summed E-state index contributed by atoms with van der Waals surface area (Å²) in [5.74, 6) is 1.57. The van der Waals surface area contributed by atoms with Gasteiger partial charge in [0, 0.05) is 6.04 Å². The molecule has 0 bridgehead atoms. The summed E-state index contributed by atoms with van der Waals surface area (Å²) >= 11 is 0.